The normalized spacial score (nSPS) is 22.3. The molecule has 1 aromatic carbocycles. The summed E-state index contributed by atoms with van der Waals surface area (Å²) in [6.07, 6.45) is 17.2. The van der Waals surface area contributed by atoms with Crippen molar-refractivity contribution in [2.24, 2.45) is 0 Å². The molecule has 134 valence electrons. The molecule has 0 spiro atoms. The van der Waals surface area contributed by atoms with Gasteiger partial charge in [0, 0.05) is 12.1 Å². The third-order valence-electron chi connectivity index (χ3n) is 5.82. The van der Waals surface area contributed by atoms with E-state index >= 15 is 0 Å². The maximum atomic E-state index is 12.1. The Morgan fingerprint density at radius 2 is 0.792 bits per heavy atom. The highest BCUT2D eigenvalue weighted by Crippen LogP contribution is 2.25. The van der Waals surface area contributed by atoms with Crippen LogP contribution in [0.4, 0.5) is 11.4 Å². The fourth-order valence-electron chi connectivity index (χ4n) is 4.28. The molecule has 2 aliphatic carbocycles. The van der Waals surface area contributed by atoms with Crippen LogP contribution >= 0.6 is 0 Å². The maximum Gasteiger partial charge on any atom is 0.253 e. The van der Waals surface area contributed by atoms with E-state index in [1.165, 1.54) is 64.2 Å². The van der Waals surface area contributed by atoms with Crippen molar-refractivity contribution >= 4 is 11.4 Å². The van der Waals surface area contributed by atoms with Gasteiger partial charge in [0.15, 0.2) is 0 Å². The van der Waals surface area contributed by atoms with Crippen LogP contribution in [0.2, 0.25) is 0 Å². The van der Waals surface area contributed by atoms with Crippen molar-refractivity contribution in [1.82, 2.24) is 0 Å². The van der Waals surface area contributed by atoms with Crippen LogP contribution < -0.4 is 21.5 Å². The Kier molecular flexibility index (Phi) is 6.33. The number of hydrogen-bond donors (Lipinski definition) is 2. The molecular formula is C20H32N2O2. The van der Waals surface area contributed by atoms with E-state index in [-0.39, 0.29) is 10.9 Å². The minimum atomic E-state index is -0.314. The zero-order valence-electron chi connectivity index (χ0n) is 14.9. The van der Waals surface area contributed by atoms with Gasteiger partial charge in [-0.3, -0.25) is 9.59 Å². The molecule has 0 aliphatic heterocycles. The second-order valence-corrected chi connectivity index (χ2v) is 7.78. The van der Waals surface area contributed by atoms with Gasteiger partial charge in [-0.1, -0.05) is 64.2 Å². The molecule has 0 amide bonds. The number of anilines is 2. The molecule has 4 heteroatoms. The predicted octanol–water partition coefficient (Wildman–Crippen LogP) is 4.33. The van der Waals surface area contributed by atoms with Crippen LogP contribution in [-0.4, -0.2) is 12.1 Å². The number of hydrogen-bond acceptors (Lipinski definition) is 4. The van der Waals surface area contributed by atoms with Gasteiger partial charge in [0.25, 0.3) is 10.9 Å². The van der Waals surface area contributed by atoms with E-state index in [2.05, 4.69) is 10.6 Å². The van der Waals surface area contributed by atoms with Gasteiger partial charge < -0.3 is 10.6 Å². The van der Waals surface area contributed by atoms with E-state index in [0.717, 1.165) is 25.7 Å². The molecule has 2 saturated carbocycles. The Morgan fingerprint density at radius 3 is 1.12 bits per heavy atom. The first kappa shape index (κ1) is 17.5. The average molecular weight is 332 g/mol. The molecule has 0 unspecified atom stereocenters. The molecule has 0 heterocycles. The molecule has 0 aromatic heterocycles. The van der Waals surface area contributed by atoms with Gasteiger partial charge in [0.1, 0.15) is 11.4 Å². The predicted molar refractivity (Wildman–Crippen MR) is 101 cm³/mol. The first-order chi connectivity index (χ1) is 11.8. The van der Waals surface area contributed by atoms with Crippen LogP contribution in [0.5, 0.6) is 0 Å². The van der Waals surface area contributed by atoms with Crippen molar-refractivity contribution in [3.05, 3.63) is 20.4 Å². The standard InChI is InChI=1S/C20H32N2O2/c23-19-17(21-15-11-7-3-1-4-8-12-15)18(20(19)24)22-16-13-9-5-2-6-10-14-16/h15-16,21-22H,1-14H2. The first-order valence-electron chi connectivity index (χ1n) is 10.1. The zero-order chi connectivity index (χ0) is 16.8. The third kappa shape index (κ3) is 4.40. The van der Waals surface area contributed by atoms with E-state index in [9.17, 15) is 9.59 Å². The summed E-state index contributed by atoms with van der Waals surface area (Å²) in [7, 11) is 0. The van der Waals surface area contributed by atoms with Crippen LogP contribution in [0.15, 0.2) is 9.59 Å². The van der Waals surface area contributed by atoms with Crippen LogP contribution in [0.1, 0.15) is 89.9 Å². The SMILES string of the molecule is O=c1c(NC2CCCCCCC2)c(NC2CCCCCCC2)c1=O. The van der Waals surface area contributed by atoms with Gasteiger partial charge in [0.2, 0.25) is 0 Å². The molecule has 1 aromatic rings. The molecule has 0 atom stereocenters. The summed E-state index contributed by atoms with van der Waals surface area (Å²) >= 11 is 0. The van der Waals surface area contributed by atoms with Crippen molar-refractivity contribution in [3.63, 3.8) is 0 Å². The Balaban J connectivity index is 1.62. The van der Waals surface area contributed by atoms with Crippen LogP contribution in [0.25, 0.3) is 0 Å². The lowest BCUT2D eigenvalue weighted by Crippen LogP contribution is -2.41. The van der Waals surface area contributed by atoms with E-state index in [1.54, 1.807) is 0 Å². The lowest BCUT2D eigenvalue weighted by molar-refractivity contribution is 0.468. The van der Waals surface area contributed by atoms with Crippen LogP contribution in [0.3, 0.4) is 0 Å². The van der Waals surface area contributed by atoms with Gasteiger partial charge in [-0.05, 0) is 25.7 Å². The van der Waals surface area contributed by atoms with Crippen molar-refractivity contribution in [2.45, 2.75) is 102 Å². The molecular weight excluding hydrogens is 300 g/mol. The lowest BCUT2D eigenvalue weighted by Gasteiger charge is -2.27. The van der Waals surface area contributed by atoms with Crippen LogP contribution in [-0.2, 0) is 0 Å². The molecule has 0 saturated heterocycles. The van der Waals surface area contributed by atoms with Gasteiger partial charge in [-0.2, -0.15) is 0 Å². The summed E-state index contributed by atoms with van der Waals surface area (Å²) in [6, 6.07) is 0.706. The van der Waals surface area contributed by atoms with Crippen molar-refractivity contribution in [2.75, 3.05) is 10.6 Å². The van der Waals surface area contributed by atoms with Crippen molar-refractivity contribution in [3.8, 4) is 0 Å². The number of nitrogens with one attached hydrogen (secondary N) is 2. The summed E-state index contributed by atoms with van der Waals surface area (Å²) in [5.74, 6) is 0. The van der Waals surface area contributed by atoms with Gasteiger partial charge in [-0.25, -0.2) is 0 Å². The second-order valence-electron chi connectivity index (χ2n) is 7.78. The number of rotatable bonds is 4. The average Bonchev–Trinajstić information content (AvgIpc) is 2.53. The van der Waals surface area contributed by atoms with E-state index in [0.29, 0.717) is 23.5 Å². The maximum absolute atomic E-state index is 12.1. The fraction of sp³-hybridized carbons (Fsp3) is 0.800. The molecule has 24 heavy (non-hydrogen) atoms. The minimum Gasteiger partial charge on any atom is -0.377 e. The van der Waals surface area contributed by atoms with E-state index in [1.807, 2.05) is 0 Å². The molecule has 2 aliphatic rings. The van der Waals surface area contributed by atoms with E-state index in [4.69, 9.17) is 0 Å². The highest BCUT2D eigenvalue weighted by molar-refractivity contribution is 5.74. The highest BCUT2D eigenvalue weighted by Gasteiger charge is 2.25. The second kappa shape index (κ2) is 8.68. The smallest absolute Gasteiger partial charge is 0.253 e. The molecule has 0 bridgehead atoms. The monoisotopic (exact) mass is 332 g/mol. The Morgan fingerprint density at radius 1 is 0.500 bits per heavy atom. The third-order valence-corrected chi connectivity index (χ3v) is 5.82. The van der Waals surface area contributed by atoms with Crippen molar-refractivity contribution in [1.29, 1.82) is 0 Å². The van der Waals surface area contributed by atoms with Crippen molar-refractivity contribution < 1.29 is 0 Å². The molecule has 0 radical (unpaired) electrons. The van der Waals surface area contributed by atoms with Crippen LogP contribution in [0, 0.1) is 0 Å². The summed E-state index contributed by atoms with van der Waals surface area (Å²) in [5.41, 5.74) is 0.524. The zero-order valence-corrected chi connectivity index (χ0v) is 14.9. The first-order valence-corrected chi connectivity index (χ1v) is 10.1. The van der Waals surface area contributed by atoms with Gasteiger partial charge in [-0.15, -0.1) is 0 Å². The molecule has 3 rings (SSSR count). The quantitative estimate of drug-likeness (QED) is 0.806. The molecule has 4 nitrogen and oxygen atoms in total. The largest absolute Gasteiger partial charge is 0.377 e. The van der Waals surface area contributed by atoms with Gasteiger partial charge >= 0.3 is 0 Å². The van der Waals surface area contributed by atoms with E-state index < -0.39 is 0 Å². The Hall–Kier alpha value is -1.32. The fourth-order valence-corrected chi connectivity index (χ4v) is 4.28. The summed E-state index contributed by atoms with van der Waals surface area (Å²) in [6.45, 7) is 0. The molecule has 2 fully saturated rings. The summed E-state index contributed by atoms with van der Waals surface area (Å²) in [4.78, 5) is 24.1. The Labute approximate surface area is 145 Å². The molecule has 2 N–H and O–H groups in total. The van der Waals surface area contributed by atoms with Gasteiger partial charge in [0.05, 0.1) is 0 Å². The minimum absolute atomic E-state index is 0.314. The summed E-state index contributed by atoms with van der Waals surface area (Å²) in [5, 5.41) is 6.84. The topological polar surface area (TPSA) is 58.2 Å². The highest BCUT2D eigenvalue weighted by atomic mass is 16.2. The summed E-state index contributed by atoms with van der Waals surface area (Å²) < 4.78 is 0. The lowest BCUT2D eigenvalue weighted by atomic mass is 9.95. The Bertz CT molecular complexity index is 521.